The average Bonchev–Trinajstić information content (AvgIpc) is 2.67. The lowest BCUT2D eigenvalue weighted by Gasteiger charge is -2.11. The summed E-state index contributed by atoms with van der Waals surface area (Å²) >= 11 is 0. The number of benzene rings is 1. The first-order chi connectivity index (χ1) is 6.42. The van der Waals surface area contributed by atoms with Crippen LogP contribution in [0.4, 0.5) is 0 Å². The molecule has 68 valence electrons. The van der Waals surface area contributed by atoms with Crippen LogP contribution >= 0.6 is 0 Å². The van der Waals surface area contributed by atoms with Gasteiger partial charge < -0.3 is 5.11 Å². The Morgan fingerprint density at radius 2 is 2.00 bits per heavy atom. The molecule has 0 aliphatic heterocycles. The fraction of sp³-hybridized carbons (Fsp3) is 0.333. The van der Waals surface area contributed by atoms with E-state index in [0.717, 1.165) is 12.8 Å². The van der Waals surface area contributed by atoms with Crippen LogP contribution < -0.4 is 0 Å². The molecule has 1 aromatic carbocycles. The Labute approximate surface area is 78.7 Å². The Morgan fingerprint density at radius 3 is 2.69 bits per heavy atom. The van der Waals surface area contributed by atoms with Gasteiger partial charge in [-0.1, -0.05) is 36.4 Å². The first-order valence-electron chi connectivity index (χ1n) is 4.78. The number of hydrogen-bond acceptors (Lipinski definition) is 1. The van der Waals surface area contributed by atoms with E-state index in [9.17, 15) is 0 Å². The van der Waals surface area contributed by atoms with Gasteiger partial charge in [0.25, 0.3) is 0 Å². The van der Waals surface area contributed by atoms with Gasteiger partial charge in [0, 0.05) is 12.5 Å². The molecule has 1 aliphatic carbocycles. The molecule has 2 rings (SSSR count). The molecule has 1 N–H and O–H groups in total. The Morgan fingerprint density at radius 1 is 1.23 bits per heavy atom. The van der Waals surface area contributed by atoms with E-state index in [0.29, 0.717) is 5.92 Å². The minimum Gasteiger partial charge on any atom is -0.396 e. The smallest absolute Gasteiger partial charge is 0.0499 e. The number of allylic oxidation sites excluding steroid dienone is 1. The van der Waals surface area contributed by atoms with E-state index < -0.39 is 0 Å². The van der Waals surface area contributed by atoms with Crippen LogP contribution in [0.3, 0.4) is 0 Å². The largest absolute Gasteiger partial charge is 0.396 e. The number of rotatable bonds is 2. The fourth-order valence-electron chi connectivity index (χ4n) is 1.94. The molecule has 0 bridgehead atoms. The summed E-state index contributed by atoms with van der Waals surface area (Å²) in [7, 11) is 0. The summed E-state index contributed by atoms with van der Waals surface area (Å²) < 4.78 is 0. The molecular weight excluding hydrogens is 160 g/mol. The zero-order valence-electron chi connectivity index (χ0n) is 7.61. The third kappa shape index (κ3) is 1.65. The maximum absolute atomic E-state index is 9.16. The van der Waals surface area contributed by atoms with E-state index in [2.05, 4.69) is 18.2 Å². The van der Waals surface area contributed by atoms with Crippen molar-refractivity contribution in [2.75, 3.05) is 6.61 Å². The molecule has 0 aromatic heterocycles. The molecule has 0 radical (unpaired) electrons. The molecule has 0 spiro atoms. The minimum absolute atomic E-state index is 0.278. The van der Waals surface area contributed by atoms with Crippen molar-refractivity contribution in [2.24, 2.45) is 5.92 Å². The van der Waals surface area contributed by atoms with E-state index >= 15 is 0 Å². The summed E-state index contributed by atoms with van der Waals surface area (Å²) in [4.78, 5) is 0. The minimum atomic E-state index is 0.278. The molecule has 0 saturated carbocycles. The predicted octanol–water partition coefficient (Wildman–Crippen LogP) is 2.47. The van der Waals surface area contributed by atoms with Crippen molar-refractivity contribution in [3.05, 3.63) is 42.0 Å². The van der Waals surface area contributed by atoms with E-state index in [1.165, 1.54) is 11.1 Å². The highest BCUT2D eigenvalue weighted by atomic mass is 16.3. The van der Waals surface area contributed by atoms with Gasteiger partial charge in [-0.15, -0.1) is 0 Å². The molecule has 1 aromatic rings. The van der Waals surface area contributed by atoms with Crippen LogP contribution in [0.5, 0.6) is 0 Å². The SMILES string of the molecule is OC[C@@H]1CCC=C1c1ccccc1. The highest BCUT2D eigenvalue weighted by Crippen LogP contribution is 2.32. The average molecular weight is 174 g/mol. The molecule has 1 heteroatoms. The van der Waals surface area contributed by atoms with Crippen molar-refractivity contribution < 1.29 is 5.11 Å². The number of hydrogen-bond donors (Lipinski definition) is 1. The van der Waals surface area contributed by atoms with Crippen LogP contribution in [0.2, 0.25) is 0 Å². The van der Waals surface area contributed by atoms with Crippen LogP contribution in [0.25, 0.3) is 5.57 Å². The molecule has 1 nitrogen and oxygen atoms in total. The summed E-state index contributed by atoms with van der Waals surface area (Å²) in [5.41, 5.74) is 2.59. The second kappa shape index (κ2) is 3.75. The van der Waals surface area contributed by atoms with Crippen LogP contribution in [0.1, 0.15) is 18.4 Å². The van der Waals surface area contributed by atoms with Gasteiger partial charge in [0.15, 0.2) is 0 Å². The zero-order chi connectivity index (χ0) is 9.10. The topological polar surface area (TPSA) is 20.2 Å². The van der Waals surface area contributed by atoms with Crippen LogP contribution in [0, 0.1) is 5.92 Å². The summed E-state index contributed by atoms with van der Waals surface area (Å²) in [5.74, 6) is 0.363. The number of aliphatic hydroxyl groups excluding tert-OH is 1. The fourth-order valence-corrected chi connectivity index (χ4v) is 1.94. The van der Waals surface area contributed by atoms with Crippen molar-refractivity contribution in [1.29, 1.82) is 0 Å². The summed E-state index contributed by atoms with van der Waals surface area (Å²) in [6.07, 6.45) is 4.45. The second-order valence-electron chi connectivity index (χ2n) is 3.48. The Balaban J connectivity index is 2.26. The van der Waals surface area contributed by atoms with E-state index in [1.807, 2.05) is 18.2 Å². The molecule has 0 saturated heterocycles. The van der Waals surface area contributed by atoms with Gasteiger partial charge in [-0.25, -0.2) is 0 Å². The van der Waals surface area contributed by atoms with Gasteiger partial charge in [0.2, 0.25) is 0 Å². The lowest BCUT2D eigenvalue weighted by Crippen LogP contribution is -2.03. The van der Waals surface area contributed by atoms with Gasteiger partial charge in [0.1, 0.15) is 0 Å². The lowest BCUT2D eigenvalue weighted by atomic mass is 9.96. The summed E-state index contributed by atoms with van der Waals surface area (Å²) in [5, 5.41) is 9.16. The molecule has 13 heavy (non-hydrogen) atoms. The summed E-state index contributed by atoms with van der Waals surface area (Å²) in [6.45, 7) is 0.278. The molecular formula is C12H14O. The maximum atomic E-state index is 9.16. The maximum Gasteiger partial charge on any atom is 0.0499 e. The predicted molar refractivity (Wildman–Crippen MR) is 54.2 cm³/mol. The monoisotopic (exact) mass is 174 g/mol. The Kier molecular flexibility index (Phi) is 2.46. The van der Waals surface area contributed by atoms with Crippen LogP contribution in [-0.2, 0) is 0 Å². The highest BCUT2D eigenvalue weighted by molar-refractivity contribution is 5.69. The van der Waals surface area contributed by atoms with E-state index in [-0.39, 0.29) is 6.61 Å². The molecule has 0 fully saturated rings. The van der Waals surface area contributed by atoms with E-state index in [1.54, 1.807) is 0 Å². The molecule has 1 aliphatic rings. The van der Waals surface area contributed by atoms with Gasteiger partial charge in [-0.3, -0.25) is 0 Å². The third-order valence-corrected chi connectivity index (χ3v) is 2.65. The normalized spacial score (nSPS) is 21.6. The van der Waals surface area contributed by atoms with Crippen LogP contribution in [-0.4, -0.2) is 11.7 Å². The molecule has 0 amide bonds. The molecule has 0 heterocycles. The van der Waals surface area contributed by atoms with Crippen molar-refractivity contribution >= 4 is 5.57 Å². The van der Waals surface area contributed by atoms with Gasteiger partial charge in [0.05, 0.1) is 0 Å². The first-order valence-corrected chi connectivity index (χ1v) is 4.78. The first kappa shape index (κ1) is 8.52. The van der Waals surface area contributed by atoms with E-state index in [4.69, 9.17) is 5.11 Å². The van der Waals surface area contributed by atoms with Crippen molar-refractivity contribution in [3.63, 3.8) is 0 Å². The summed E-state index contributed by atoms with van der Waals surface area (Å²) in [6, 6.07) is 10.3. The van der Waals surface area contributed by atoms with Gasteiger partial charge >= 0.3 is 0 Å². The Bertz CT molecular complexity index is 300. The highest BCUT2D eigenvalue weighted by Gasteiger charge is 2.18. The van der Waals surface area contributed by atoms with Crippen molar-refractivity contribution in [1.82, 2.24) is 0 Å². The zero-order valence-corrected chi connectivity index (χ0v) is 7.61. The quantitative estimate of drug-likeness (QED) is 0.730. The third-order valence-electron chi connectivity index (χ3n) is 2.65. The number of aliphatic hydroxyl groups is 1. The van der Waals surface area contributed by atoms with Gasteiger partial charge in [-0.05, 0) is 24.0 Å². The molecule has 1 atom stereocenters. The Hall–Kier alpha value is -1.08. The second-order valence-corrected chi connectivity index (χ2v) is 3.48. The lowest BCUT2D eigenvalue weighted by molar-refractivity contribution is 0.255. The van der Waals surface area contributed by atoms with Gasteiger partial charge in [-0.2, -0.15) is 0 Å². The van der Waals surface area contributed by atoms with Crippen molar-refractivity contribution in [3.8, 4) is 0 Å². The van der Waals surface area contributed by atoms with Crippen LogP contribution in [0.15, 0.2) is 36.4 Å². The standard InChI is InChI=1S/C12H14O/c13-9-11-7-4-8-12(11)10-5-2-1-3-6-10/h1-3,5-6,8,11,13H,4,7,9H2/t11-/m0/s1. The van der Waals surface area contributed by atoms with Crippen molar-refractivity contribution in [2.45, 2.75) is 12.8 Å². The molecule has 0 unspecified atom stereocenters.